The molecule has 0 aliphatic heterocycles. The van der Waals surface area contributed by atoms with Gasteiger partial charge in [0.2, 0.25) is 10.0 Å². The fraction of sp³-hybridized carbons (Fsp3) is 0.231. The summed E-state index contributed by atoms with van der Waals surface area (Å²) in [6.07, 6.45) is 0. The van der Waals surface area contributed by atoms with E-state index in [1.165, 1.54) is 29.5 Å². The number of thiophene rings is 1. The maximum atomic E-state index is 13.5. The van der Waals surface area contributed by atoms with Gasteiger partial charge in [-0.15, -0.1) is 11.3 Å². The zero-order chi connectivity index (χ0) is 14.0. The number of rotatable bonds is 4. The van der Waals surface area contributed by atoms with E-state index in [1.807, 2.05) is 19.9 Å². The average Bonchev–Trinajstić information content (AvgIpc) is 2.67. The van der Waals surface area contributed by atoms with Crippen LogP contribution in [0.25, 0.3) is 0 Å². The number of hydrogen-bond acceptors (Lipinski definition) is 3. The third-order valence-electron chi connectivity index (χ3n) is 2.78. The summed E-state index contributed by atoms with van der Waals surface area (Å²) in [4.78, 5) is 1.75. The number of aryl methyl sites for hydroxylation is 2. The summed E-state index contributed by atoms with van der Waals surface area (Å²) in [6, 6.07) is 7.28. The Morgan fingerprint density at radius 1 is 1.26 bits per heavy atom. The molecule has 0 saturated carbocycles. The molecule has 0 bridgehead atoms. The van der Waals surface area contributed by atoms with Crippen LogP contribution in [-0.4, -0.2) is 8.42 Å². The van der Waals surface area contributed by atoms with Gasteiger partial charge < -0.3 is 0 Å². The van der Waals surface area contributed by atoms with Crippen molar-refractivity contribution in [3.05, 3.63) is 51.5 Å². The van der Waals surface area contributed by atoms with Crippen molar-refractivity contribution in [2.75, 3.05) is 0 Å². The quantitative estimate of drug-likeness (QED) is 0.943. The molecule has 0 fully saturated rings. The molecule has 0 amide bonds. The highest BCUT2D eigenvalue weighted by molar-refractivity contribution is 7.89. The van der Waals surface area contributed by atoms with Crippen molar-refractivity contribution >= 4 is 21.4 Å². The van der Waals surface area contributed by atoms with E-state index in [-0.39, 0.29) is 11.4 Å². The standard InChI is InChI=1S/C13H14FNO2S2/c1-9-7-11(18-10(9)2)8-15-19(16,17)13-6-4-3-5-12(13)14/h3-7,15H,8H2,1-2H3. The van der Waals surface area contributed by atoms with Gasteiger partial charge in [-0.3, -0.25) is 0 Å². The molecular formula is C13H14FNO2S2. The zero-order valence-corrected chi connectivity index (χ0v) is 12.2. The summed E-state index contributed by atoms with van der Waals surface area (Å²) < 4.78 is 39.8. The van der Waals surface area contributed by atoms with E-state index >= 15 is 0 Å². The Hall–Kier alpha value is -1.24. The minimum atomic E-state index is -3.81. The van der Waals surface area contributed by atoms with Gasteiger partial charge in [0.15, 0.2) is 0 Å². The van der Waals surface area contributed by atoms with Crippen LogP contribution in [-0.2, 0) is 16.6 Å². The normalized spacial score (nSPS) is 11.7. The maximum absolute atomic E-state index is 13.5. The van der Waals surface area contributed by atoms with Crippen LogP contribution in [0.5, 0.6) is 0 Å². The molecule has 102 valence electrons. The van der Waals surface area contributed by atoms with Crippen LogP contribution in [0.1, 0.15) is 15.3 Å². The third kappa shape index (κ3) is 3.20. The van der Waals surface area contributed by atoms with Crippen LogP contribution in [0.15, 0.2) is 35.2 Å². The second-order valence-corrected chi connectivity index (χ2v) is 7.28. The number of halogens is 1. The van der Waals surface area contributed by atoms with Crippen LogP contribution in [0.2, 0.25) is 0 Å². The van der Waals surface area contributed by atoms with E-state index in [2.05, 4.69) is 4.72 Å². The van der Waals surface area contributed by atoms with Gasteiger partial charge in [0.25, 0.3) is 0 Å². The number of hydrogen-bond donors (Lipinski definition) is 1. The Morgan fingerprint density at radius 3 is 2.53 bits per heavy atom. The SMILES string of the molecule is Cc1cc(CNS(=O)(=O)c2ccccc2F)sc1C. The van der Waals surface area contributed by atoms with Crippen molar-refractivity contribution in [1.29, 1.82) is 0 Å². The van der Waals surface area contributed by atoms with Crippen molar-refractivity contribution < 1.29 is 12.8 Å². The first kappa shape index (κ1) is 14.2. The summed E-state index contributed by atoms with van der Waals surface area (Å²) in [5.74, 6) is -0.742. The van der Waals surface area contributed by atoms with Gasteiger partial charge in [-0.2, -0.15) is 0 Å². The third-order valence-corrected chi connectivity index (χ3v) is 5.37. The first-order valence-corrected chi connectivity index (χ1v) is 8.00. The second kappa shape index (κ2) is 5.40. The highest BCUT2D eigenvalue weighted by Crippen LogP contribution is 2.21. The smallest absolute Gasteiger partial charge is 0.207 e. The average molecular weight is 299 g/mol. The number of benzene rings is 1. The van der Waals surface area contributed by atoms with E-state index < -0.39 is 15.8 Å². The number of sulfonamides is 1. The van der Waals surface area contributed by atoms with E-state index in [0.29, 0.717) is 0 Å². The Bertz CT molecular complexity index is 673. The van der Waals surface area contributed by atoms with Gasteiger partial charge in [-0.05, 0) is 37.6 Å². The van der Waals surface area contributed by atoms with E-state index in [0.717, 1.165) is 21.4 Å². The first-order chi connectivity index (χ1) is 8.90. The summed E-state index contributed by atoms with van der Waals surface area (Å²) >= 11 is 1.53. The summed E-state index contributed by atoms with van der Waals surface area (Å²) in [7, 11) is -3.81. The topological polar surface area (TPSA) is 46.2 Å². The molecular weight excluding hydrogens is 285 g/mol. The molecule has 19 heavy (non-hydrogen) atoms. The predicted octanol–water partition coefficient (Wildman–Crippen LogP) is 2.98. The molecule has 2 rings (SSSR count). The fourth-order valence-corrected chi connectivity index (χ4v) is 3.81. The second-order valence-electron chi connectivity index (χ2n) is 4.21. The monoisotopic (exact) mass is 299 g/mol. The lowest BCUT2D eigenvalue weighted by molar-refractivity contribution is 0.557. The molecule has 1 heterocycles. The van der Waals surface area contributed by atoms with E-state index in [1.54, 1.807) is 0 Å². The lowest BCUT2D eigenvalue weighted by atomic mass is 10.3. The molecule has 2 aromatic rings. The molecule has 0 aliphatic rings. The lowest BCUT2D eigenvalue weighted by Crippen LogP contribution is -2.23. The highest BCUT2D eigenvalue weighted by atomic mass is 32.2. The Morgan fingerprint density at radius 2 is 1.95 bits per heavy atom. The van der Waals surface area contributed by atoms with Gasteiger partial charge >= 0.3 is 0 Å². The van der Waals surface area contributed by atoms with Gasteiger partial charge in [0, 0.05) is 16.3 Å². The molecule has 1 N–H and O–H groups in total. The molecule has 0 saturated heterocycles. The number of nitrogens with one attached hydrogen (secondary N) is 1. The molecule has 0 spiro atoms. The van der Waals surface area contributed by atoms with Gasteiger partial charge in [-0.1, -0.05) is 12.1 Å². The molecule has 1 aromatic heterocycles. The first-order valence-electron chi connectivity index (χ1n) is 5.70. The van der Waals surface area contributed by atoms with Crippen molar-refractivity contribution in [3.8, 4) is 0 Å². The van der Waals surface area contributed by atoms with Crippen LogP contribution < -0.4 is 4.72 Å². The predicted molar refractivity (Wildman–Crippen MR) is 74.2 cm³/mol. The van der Waals surface area contributed by atoms with E-state index in [4.69, 9.17) is 0 Å². The van der Waals surface area contributed by atoms with Crippen molar-refractivity contribution in [2.24, 2.45) is 0 Å². The molecule has 3 nitrogen and oxygen atoms in total. The zero-order valence-electron chi connectivity index (χ0n) is 10.6. The Balaban J connectivity index is 2.17. The van der Waals surface area contributed by atoms with E-state index in [9.17, 15) is 12.8 Å². The fourth-order valence-electron chi connectivity index (χ4n) is 1.64. The van der Waals surface area contributed by atoms with Crippen LogP contribution in [0.4, 0.5) is 4.39 Å². The molecule has 0 atom stereocenters. The molecule has 0 unspecified atom stereocenters. The maximum Gasteiger partial charge on any atom is 0.243 e. The van der Waals surface area contributed by atoms with Gasteiger partial charge in [0.1, 0.15) is 10.7 Å². The summed E-state index contributed by atoms with van der Waals surface area (Å²) in [6.45, 7) is 4.13. The van der Waals surface area contributed by atoms with Crippen LogP contribution >= 0.6 is 11.3 Å². The van der Waals surface area contributed by atoms with Crippen molar-refractivity contribution in [2.45, 2.75) is 25.3 Å². The molecule has 6 heteroatoms. The molecule has 1 aromatic carbocycles. The van der Waals surface area contributed by atoms with Gasteiger partial charge in [-0.25, -0.2) is 17.5 Å². The van der Waals surface area contributed by atoms with Crippen molar-refractivity contribution in [1.82, 2.24) is 4.72 Å². The van der Waals surface area contributed by atoms with Crippen LogP contribution in [0.3, 0.4) is 0 Å². The Labute approximate surface area is 116 Å². The molecule has 0 radical (unpaired) electrons. The summed E-state index contributed by atoms with van der Waals surface area (Å²) in [5.41, 5.74) is 1.13. The van der Waals surface area contributed by atoms with Crippen molar-refractivity contribution in [3.63, 3.8) is 0 Å². The Kier molecular flexibility index (Phi) is 4.03. The van der Waals surface area contributed by atoms with Crippen LogP contribution in [0, 0.1) is 19.7 Å². The highest BCUT2D eigenvalue weighted by Gasteiger charge is 2.18. The minimum absolute atomic E-state index is 0.177. The minimum Gasteiger partial charge on any atom is -0.207 e. The summed E-state index contributed by atoms with van der Waals surface area (Å²) in [5, 5.41) is 0. The lowest BCUT2D eigenvalue weighted by Gasteiger charge is -2.06. The molecule has 0 aliphatic carbocycles. The largest absolute Gasteiger partial charge is 0.243 e. The van der Waals surface area contributed by atoms with Gasteiger partial charge in [0.05, 0.1) is 0 Å².